The normalized spacial score (nSPS) is 21.8. The summed E-state index contributed by atoms with van der Waals surface area (Å²) in [6.45, 7) is 0.665. The molecule has 2 aromatic carbocycles. The Morgan fingerprint density at radius 3 is 2.48 bits per heavy atom. The highest BCUT2D eigenvalue weighted by atomic mass is 32.2. The van der Waals surface area contributed by atoms with Gasteiger partial charge in [-0.05, 0) is 30.5 Å². The molecule has 4 nitrogen and oxygen atoms in total. The fourth-order valence-electron chi connectivity index (χ4n) is 2.96. The lowest BCUT2D eigenvalue weighted by Gasteiger charge is -2.31. The maximum Gasteiger partial charge on any atom is 0.177 e. The fraction of sp³-hybridized carbons (Fsp3) is 0.333. The summed E-state index contributed by atoms with van der Waals surface area (Å²) in [6, 6.07) is 17.4. The number of hydrogen-bond donors (Lipinski definition) is 1. The van der Waals surface area contributed by atoms with Gasteiger partial charge >= 0.3 is 0 Å². The van der Waals surface area contributed by atoms with Crippen molar-refractivity contribution in [3.63, 3.8) is 0 Å². The maximum atomic E-state index is 11.9. The highest BCUT2D eigenvalue weighted by Crippen LogP contribution is 2.31. The van der Waals surface area contributed by atoms with Crippen LogP contribution in [0.5, 0.6) is 0 Å². The molecule has 1 heterocycles. The topological polar surface area (TPSA) is 55.4 Å². The summed E-state index contributed by atoms with van der Waals surface area (Å²) in [6.07, 6.45) is 2.97. The molecule has 1 aliphatic heterocycles. The van der Waals surface area contributed by atoms with Crippen LogP contribution >= 0.6 is 0 Å². The average molecular weight is 331 g/mol. The minimum Gasteiger partial charge on any atom is -0.381 e. The Hall–Kier alpha value is -1.85. The van der Waals surface area contributed by atoms with E-state index in [0.29, 0.717) is 17.2 Å². The highest BCUT2D eigenvalue weighted by molar-refractivity contribution is 7.90. The molecule has 0 saturated carbocycles. The average Bonchev–Trinajstić information content (AvgIpc) is 2.55. The number of rotatable bonds is 4. The van der Waals surface area contributed by atoms with Gasteiger partial charge in [-0.25, -0.2) is 8.42 Å². The van der Waals surface area contributed by atoms with E-state index in [9.17, 15) is 8.42 Å². The lowest BCUT2D eigenvalue weighted by Crippen LogP contribution is -2.30. The summed E-state index contributed by atoms with van der Waals surface area (Å²) in [5.41, 5.74) is 1.84. The molecule has 122 valence electrons. The van der Waals surface area contributed by atoms with Crippen LogP contribution in [0.15, 0.2) is 59.5 Å². The second kappa shape index (κ2) is 6.72. The Kier molecular flexibility index (Phi) is 4.68. The van der Waals surface area contributed by atoms with E-state index in [1.165, 1.54) is 6.26 Å². The quantitative estimate of drug-likeness (QED) is 0.933. The molecule has 0 spiro atoms. The van der Waals surface area contributed by atoms with Crippen LogP contribution in [0.3, 0.4) is 0 Å². The van der Waals surface area contributed by atoms with Crippen molar-refractivity contribution in [3.8, 4) is 0 Å². The molecule has 2 unspecified atom stereocenters. The van der Waals surface area contributed by atoms with E-state index in [2.05, 4.69) is 17.4 Å². The summed E-state index contributed by atoms with van der Waals surface area (Å²) >= 11 is 0. The summed E-state index contributed by atoms with van der Waals surface area (Å²) in [5, 5.41) is 3.40. The second-order valence-electron chi connectivity index (χ2n) is 5.90. The third kappa shape index (κ3) is 3.92. The van der Waals surface area contributed by atoms with Gasteiger partial charge in [0.1, 0.15) is 0 Å². The van der Waals surface area contributed by atoms with Gasteiger partial charge in [0.25, 0.3) is 0 Å². The van der Waals surface area contributed by atoms with E-state index < -0.39 is 9.84 Å². The molecule has 1 N–H and O–H groups in total. The molecule has 0 aliphatic carbocycles. The van der Waals surface area contributed by atoms with Gasteiger partial charge in [0, 0.05) is 18.9 Å². The van der Waals surface area contributed by atoms with Crippen molar-refractivity contribution < 1.29 is 13.2 Å². The number of para-hydroxylation sites is 1. The molecule has 2 aromatic rings. The number of anilines is 1. The van der Waals surface area contributed by atoms with Crippen LogP contribution < -0.4 is 5.32 Å². The van der Waals surface area contributed by atoms with E-state index in [4.69, 9.17) is 4.74 Å². The summed E-state index contributed by atoms with van der Waals surface area (Å²) in [4.78, 5) is 0.350. The largest absolute Gasteiger partial charge is 0.381 e. The van der Waals surface area contributed by atoms with Crippen LogP contribution in [0.25, 0.3) is 0 Å². The Morgan fingerprint density at radius 2 is 1.74 bits per heavy atom. The third-order valence-electron chi connectivity index (χ3n) is 4.10. The van der Waals surface area contributed by atoms with Gasteiger partial charge in [-0.15, -0.1) is 0 Å². The van der Waals surface area contributed by atoms with Gasteiger partial charge in [0.15, 0.2) is 9.84 Å². The van der Waals surface area contributed by atoms with Crippen molar-refractivity contribution in [2.45, 2.75) is 29.9 Å². The summed E-state index contributed by atoms with van der Waals surface area (Å²) in [7, 11) is -3.24. The molecule has 23 heavy (non-hydrogen) atoms. The van der Waals surface area contributed by atoms with E-state index in [1.54, 1.807) is 12.1 Å². The molecule has 0 radical (unpaired) electrons. The van der Waals surface area contributed by atoms with Gasteiger partial charge in [-0.1, -0.05) is 42.5 Å². The van der Waals surface area contributed by atoms with E-state index >= 15 is 0 Å². The number of benzene rings is 2. The standard InChI is InChI=1S/C18H21NO3S/c1-23(20,21)18-10-6-5-9-16(18)19-15-11-12-22-17(13-15)14-7-3-2-4-8-14/h2-10,15,17,19H,11-13H2,1H3. The Bertz CT molecular complexity index is 759. The first-order valence-corrected chi connectivity index (χ1v) is 9.65. The van der Waals surface area contributed by atoms with Gasteiger partial charge in [-0.2, -0.15) is 0 Å². The molecule has 1 aliphatic rings. The van der Waals surface area contributed by atoms with Crippen LogP contribution in [0.4, 0.5) is 5.69 Å². The number of ether oxygens (including phenoxy) is 1. The summed E-state index contributed by atoms with van der Waals surface area (Å²) in [5.74, 6) is 0. The minimum absolute atomic E-state index is 0.0489. The van der Waals surface area contributed by atoms with Crippen molar-refractivity contribution in [2.75, 3.05) is 18.2 Å². The zero-order valence-corrected chi connectivity index (χ0v) is 13.9. The maximum absolute atomic E-state index is 11.9. The summed E-state index contributed by atoms with van der Waals surface area (Å²) < 4.78 is 29.7. The van der Waals surface area contributed by atoms with Gasteiger partial charge < -0.3 is 10.1 Å². The third-order valence-corrected chi connectivity index (χ3v) is 5.26. The Labute approximate surface area is 137 Å². The van der Waals surface area contributed by atoms with Crippen molar-refractivity contribution in [1.29, 1.82) is 0 Å². The predicted octanol–water partition coefficient (Wildman–Crippen LogP) is 3.42. The van der Waals surface area contributed by atoms with E-state index in [-0.39, 0.29) is 12.1 Å². The Balaban J connectivity index is 1.76. The fourth-order valence-corrected chi connectivity index (χ4v) is 3.81. The zero-order chi connectivity index (χ0) is 16.3. The van der Waals surface area contributed by atoms with Crippen LogP contribution in [-0.2, 0) is 14.6 Å². The lowest BCUT2D eigenvalue weighted by molar-refractivity contribution is 0.00976. The first kappa shape index (κ1) is 16.0. The van der Waals surface area contributed by atoms with Crippen molar-refractivity contribution in [3.05, 3.63) is 60.2 Å². The molecular formula is C18H21NO3S. The Morgan fingerprint density at radius 1 is 1.04 bits per heavy atom. The van der Waals surface area contributed by atoms with Crippen LogP contribution in [0, 0.1) is 0 Å². The van der Waals surface area contributed by atoms with Crippen molar-refractivity contribution >= 4 is 15.5 Å². The molecule has 1 fully saturated rings. The lowest BCUT2D eigenvalue weighted by atomic mass is 9.97. The minimum atomic E-state index is -3.24. The number of sulfone groups is 1. The van der Waals surface area contributed by atoms with Gasteiger partial charge in [0.05, 0.1) is 16.7 Å². The van der Waals surface area contributed by atoms with E-state index in [0.717, 1.165) is 18.4 Å². The van der Waals surface area contributed by atoms with Crippen LogP contribution in [0.2, 0.25) is 0 Å². The first-order valence-electron chi connectivity index (χ1n) is 7.76. The molecule has 0 amide bonds. The molecule has 2 atom stereocenters. The number of nitrogens with one attached hydrogen (secondary N) is 1. The highest BCUT2D eigenvalue weighted by Gasteiger charge is 2.25. The first-order chi connectivity index (χ1) is 11.0. The second-order valence-corrected chi connectivity index (χ2v) is 7.89. The van der Waals surface area contributed by atoms with Gasteiger partial charge in [0.2, 0.25) is 0 Å². The number of hydrogen-bond acceptors (Lipinski definition) is 4. The van der Waals surface area contributed by atoms with Gasteiger partial charge in [-0.3, -0.25) is 0 Å². The smallest absolute Gasteiger partial charge is 0.177 e. The molecular weight excluding hydrogens is 310 g/mol. The molecule has 1 saturated heterocycles. The van der Waals surface area contributed by atoms with Crippen molar-refractivity contribution in [1.82, 2.24) is 0 Å². The zero-order valence-electron chi connectivity index (χ0n) is 13.1. The van der Waals surface area contributed by atoms with Crippen LogP contribution in [0.1, 0.15) is 24.5 Å². The SMILES string of the molecule is CS(=O)(=O)c1ccccc1NC1CCOC(c2ccccc2)C1. The monoisotopic (exact) mass is 331 g/mol. The van der Waals surface area contributed by atoms with E-state index in [1.807, 2.05) is 30.3 Å². The van der Waals surface area contributed by atoms with Crippen LogP contribution in [-0.4, -0.2) is 27.3 Å². The molecule has 3 rings (SSSR count). The van der Waals surface area contributed by atoms with Crippen molar-refractivity contribution in [2.24, 2.45) is 0 Å². The molecule has 5 heteroatoms. The molecule has 0 aromatic heterocycles. The molecule has 0 bridgehead atoms. The predicted molar refractivity (Wildman–Crippen MR) is 91.3 cm³/mol.